The van der Waals surface area contributed by atoms with Crippen LogP contribution in [0.5, 0.6) is 0 Å². The van der Waals surface area contributed by atoms with Crippen LogP contribution in [-0.4, -0.2) is 73.4 Å². The minimum absolute atomic E-state index is 0.0513. The number of carbonyl (C=O) groups excluding carboxylic acids is 1. The van der Waals surface area contributed by atoms with Crippen molar-refractivity contribution in [3.05, 3.63) is 48.6 Å². The molecule has 3 unspecified atom stereocenters. The van der Waals surface area contributed by atoms with E-state index in [-0.39, 0.29) is 19.1 Å². The Bertz CT molecular complexity index is 1010. The van der Waals surface area contributed by atoms with Crippen LogP contribution in [0, 0.1) is 0 Å². The Kier molecular flexibility index (Phi) is 35.1. The summed E-state index contributed by atoms with van der Waals surface area (Å²) in [5, 5.41) is 13.7. The predicted octanol–water partition coefficient (Wildman–Crippen LogP) is 11.7. The van der Waals surface area contributed by atoms with E-state index in [1.807, 2.05) is 27.2 Å². The van der Waals surface area contributed by atoms with Crippen molar-refractivity contribution in [3.8, 4) is 0 Å². The van der Waals surface area contributed by atoms with Crippen molar-refractivity contribution < 1.29 is 32.9 Å². The Morgan fingerprint density at radius 1 is 0.642 bits per heavy atom. The lowest BCUT2D eigenvalue weighted by Crippen LogP contribution is -2.45. The van der Waals surface area contributed by atoms with Crippen molar-refractivity contribution in [2.24, 2.45) is 0 Å². The fraction of sp³-hybridized carbons (Fsp3) is 0.795. The molecule has 0 saturated carbocycles. The van der Waals surface area contributed by atoms with Gasteiger partial charge in [-0.15, -0.1) is 0 Å². The minimum atomic E-state index is -4.34. The van der Waals surface area contributed by atoms with Gasteiger partial charge < -0.3 is 19.8 Å². The van der Waals surface area contributed by atoms with Crippen molar-refractivity contribution in [1.29, 1.82) is 0 Å². The molecule has 3 N–H and O–H groups in total. The molecule has 0 aliphatic heterocycles. The van der Waals surface area contributed by atoms with Gasteiger partial charge in [-0.3, -0.25) is 13.8 Å². The van der Waals surface area contributed by atoms with E-state index >= 15 is 0 Å². The molecule has 1 amide bonds. The average molecular weight is 768 g/mol. The lowest BCUT2D eigenvalue weighted by molar-refractivity contribution is -0.870. The van der Waals surface area contributed by atoms with Gasteiger partial charge in [0.1, 0.15) is 13.2 Å². The molecule has 0 fully saturated rings. The summed E-state index contributed by atoms with van der Waals surface area (Å²) >= 11 is 0. The van der Waals surface area contributed by atoms with Crippen LogP contribution in [0.4, 0.5) is 0 Å². The number of rotatable bonds is 38. The lowest BCUT2D eigenvalue weighted by atomic mass is 10.1. The number of amides is 1. The number of hydrogen-bond donors (Lipinski definition) is 3. The monoisotopic (exact) mass is 768 g/mol. The molecule has 0 spiro atoms. The quantitative estimate of drug-likeness (QED) is 0.0250. The van der Waals surface area contributed by atoms with E-state index in [1.165, 1.54) is 103 Å². The Morgan fingerprint density at radius 3 is 1.60 bits per heavy atom. The molecule has 53 heavy (non-hydrogen) atoms. The topological polar surface area (TPSA) is 105 Å². The zero-order valence-electron chi connectivity index (χ0n) is 35.0. The van der Waals surface area contributed by atoms with Crippen LogP contribution in [0.25, 0.3) is 0 Å². The lowest BCUT2D eigenvalue weighted by Gasteiger charge is -2.25. The molecular formula is C44H84N2O6P+. The highest BCUT2D eigenvalue weighted by Crippen LogP contribution is 2.43. The largest absolute Gasteiger partial charge is 0.472 e. The van der Waals surface area contributed by atoms with Crippen molar-refractivity contribution in [1.82, 2.24) is 5.32 Å². The van der Waals surface area contributed by atoms with Gasteiger partial charge in [-0.05, 0) is 64.2 Å². The van der Waals surface area contributed by atoms with Crippen molar-refractivity contribution >= 4 is 13.7 Å². The maximum absolute atomic E-state index is 12.8. The Balaban J connectivity index is 4.34. The molecule has 0 bridgehead atoms. The maximum atomic E-state index is 12.8. The van der Waals surface area contributed by atoms with Gasteiger partial charge in [0.15, 0.2) is 0 Å². The smallest absolute Gasteiger partial charge is 0.387 e. The van der Waals surface area contributed by atoms with E-state index < -0.39 is 20.0 Å². The first-order valence-electron chi connectivity index (χ1n) is 21.5. The summed E-state index contributed by atoms with van der Waals surface area (Å²) in [6.45, 7) is 4.64. The fourth-order valence-corrected chi connectivity index (χ4v) is 6.57. The third-order valence-electron chi connectivity index (χ3n) is 9.26. The summed E-state index contributed by atoms with van der Waals surface area (Å²) < 4.78 is 23.4. The van der Waals surface area contributed by atoms with Crippen molar-refractivity contribution in [2.75, 3.05) is 40.9 Å². The highest BCUT2D eigenvalue weighted by Gasteiger charge is 2.27. The molecule has 0 aliphatic rings. The SMILES string of the molecule is CC/C=C/CC/C=C/CC/C=C/C(O)C(COP(=O)(O)OCC[N+](C)(C)C)NC(=O)CCCCCCCCC/C=C\CCCCCCCCCCCC. The molecule has 0 rings (SSSR count). The molecule has 0 aromatic rings. The second-order valence-electron chi connectivity index (χ2n) is 15.7. The molecular weight excluding hydrogens is 683 g/mol. The summed E-state index contributed by atoms with van der Waals surface area (Å²) in [6, 6.07) is -0.869. The Morgan fingerprint density at radius 2 is 1.09 bits per heavy atom. The second-order valence-corrected chi connectivity index (χ2v) is 17.1. The number of carbonyl (C=O) groups is 1. The second kappa shape index (κ2) is 36.1. The molecule has 0 aromatic carbocycles. The van der Waals surface area contributed by atoms with Gasteiger partial charge in [-0.2, -0.15) is 0 Å². The molecule has 0 radical (unpaired) electrons. The number of allylic oxidation sites excluding steroid dienone is 7. The van der Waals surface area contributed by atoms with E-state index in [2.05, 4.69) is 55.6 Å². The van der Waals surface area contributed by atoms with Crippen LogP contribution >= 0.6 is 7.82 Å². The number of phosphoric ester groups is 1. The molecule has 0 aromatic heterocycles. The van der Waals surface area contributed by atoms with Gasteiger partial charge >= 0.3 is 7.82 Å². The summed E-state index contributed by atoms with van der Waals surface area (Å²) in [5.74, 6) is -0.200. The number of hydrogen-bond acceptors (Lipinski definition) is 5. The number of nitrogens with zero attached hydrogens (tertiary/aromatic N) is 1. The molecule has 0 saturated heterocycles. The number of unbranched alkanes of at least 4 members (excludes halogenated alkanes) is 19. The molecule has 3 atom stereocenters. The first-order valence-corrected chi connectivity index (χ1v) is 23.0. The molecule has 0 aliphatic carbocycles. The number of quaternary nitrogens is 1. The number of phosphoric acid groups is 1. The first kappa shape index (κ1) is 51.5. The fourth-order valence-electron chi connectivity index (χ4n) is 5.84. The summed E-state index contributed by atoms with van der Waals surface area (Å²) in [7, 11) is 1.54. The number of likely N-dealkylation sites (N-methyl/N-ethyl adjacent to an activating group) is 1. The van der Waals surface area contributed by atoms with Crippen molar-refractivity contribution in [3.63, 3.8) is 0 Å². The van der Waals surface area contributed by atoms with Crippen LogP contribution in [0.2, 0.25) is 0 Å². The van der Waals surface area contributed by atoms with Gasteiger partial charge in [0, 0.05) is 6.42 Å². The summed E-state index contributed by atoms with van der Waals surface area (Å²) in [4.78, 5) is 23.0. The van der Waals surface area contributed by atoms with Gasteiger partial charge in [0.25, 0.3) is 0 Å². The normalized spacial score (nSPS) is 14.9. The Hall–Kier alpha value is -1.54. The zero-order chi connectivity index (χ0) is 39.3. The predicted molar refractivity (Wildman–Crippen MR) is 226 cm³/mol. The van der Waals surface area contributed by atoms with E-state index in [9.17, 15) is 19.4 Å². The standard InChI is InChI=1S/C44H83N2O6P/c1-6-8-10-12-14-16-18-19-20-21-22-23-24-25-26-27-28-30-32-34-36-38-44(48)45-42(41-52-53(49,50)51-40-39-46(3,4)5)43(47)37-35-33-31-29-17-15-13-11-9-7-2/h9,11,17,23-24,29,35,37,42-43,47H,6-8,10,12-16,18-22,25-28,30-34,36,38-41H2,1-5H3,(H-,45,48,49,50)/p+1/b11-9+,24-23-,29-17+,37-35+. The van der Waals surface area contributed by atoms with Gasteiger partial charge in [-0.1, -0.05) is 152 Å². The van der Waals surface area contributed by atoms with Crippen LogP contribution < -0.4 is 5.32 Å². The van der Waals surface area contributed by atoms with E-state index in [1.54, 1.807) is 6.08 Å². The van der Waals surface area contributed by atoms with Gasteiger partial charge in [-0.25, -0.2) is 4.57 Å². The van der Waals surface area contributed by atoms with Crippen LogP contribution in [-0.2, 0) is 18.4 Å². The summed E-state index contributed by atoms with van der Waals surface area (Å²) in [5.41, 5.74) is 0. The minimum Gasteiger partial charge on any atom is -0.387 e. The first-order chi connectivity index (χ1) is 25.5. The number of aliphatic hydroxyl groups is 1. The van der Waals surface area contributed by atoms with E-state index in [0.717, 1.165) is 51.4 Å². The van der Waals surface area contributed by atoms with Crippen LogP contribution in [0.15, 0.2) is 48.6 Å². The number of nitrogens with one attached hydrogen (secondary N) is 1. The van der Waals surface area contributed by atoms with Gasteiger partial charge in [0.05, 0.1) is 39.9 Å². The highest BCUT2D eigenvalue weighted by atomic mass is 31.2. The molecule has 310 valence electrons. The molecule has 9 heteroatoms. The molecule has 0 heterocycles. The third-order valence-corrected chi connectivity index (χ3v) is 10.2. The highest BCUT2D eigenvalue weighted by molar-refractivity contribution is 7.47. The third kappa shape index (κ3) is 38.5. The van der Waals surface area contributed by atoms with Crippen LogP contribution in [0.3, 0.4) is 0 Å². The zero-order valence-corrected chi connectivity index (χ0v) is 35.9. The molecule has 8 nitrogen and oxygen atoms in total. The van der Waals surface area contributed by atoms with Crippen LogP contribution in [0.1, 0.15) is 174 Å². The Labute approximate surface area is 327 Å². The van der Waals surface area contributed by atoms with E-state index in [4.69, 9.17) is 9.05 Å². The van der Waals surface area contributed by atoms with Gasteiger partial charge in [0.2, 0.25) is 5.91 Å². The van der Waals surface area contributed by atoms with E-state index in [0.29, 0.717) is 17.4 Å². The maximum Gasteiger partial charge on any atom is 0.472 e. The average Bonchev–Trinajstić information content (AvgIpc) is 3.10. The number of aliphatic hydroxyl groups excluding tert-OH is 1. The van der Waals surface area contributed by atoms with Crippen molar-refractivity contribution in [2.45, 2.75) is 187 Å². The summed E-state index contributed by atoms with van der Waals surface area (Å²) in [6.07, 6.45) is 44.8.